The summed E-state index contributed by atoms with van der Waals surface area (Å²) in [6, 6.07) is 3.95. The van der Waals surface area contributed by atoms with Crippen molar-refractivity contribution in [1.82, 2.24) is 5.32 Å². The summed E-state index contributed by atoms with van der Waals surface area (Å²) in [6.07, 6.45) is -5.26. The van der Waals surface area contributed by atoms with Gasteiger partial charge in [-0.1, -0.05) is 17.7 Å². The monoisotopic (exact) mass is 281 g/mol. The number of hydrogen-bond donors (Lipinski definition) is 2. The maximum atomic E-state index is 13.3. The van der Waals surface area contributed by atoms with Gasteiger partial charge < -0.3 is 10.4 Å². The average Bonchev–Trinajstić information content (AvgIpc) is 2.30. The largest absolute Gasteiger partial charge is 0.385 e. The number of halogens is 4. The number of benzene rings is 1. The lowest BCUT2D eigenvalue weighted by atomic mass is 10.1. The molecule has 0 heterocycles. The summed E-state index contributed by atoms with van der Waals surface area (Å²) in [5.74, 6) is -1.34. The van der Waals surface area contributed by atoms with Gasteiger partial charge in [0.25, 0.3) is 6.43 Å². The molecule has 0 aliphatic carbocycles. The fourth-order valence-electron chi connectivity index (χ4n) is 1.23. The Balaban J connectivity index is 2.55. The van der Waals surface area contributed by atoms with Crippen molar-refractivity contribution in [2.75, 3.05) is 6.54 Å². The van der Waals surface area contributed by atoms with E-state index < -0.39 is 30.8 Å². The predicted molar refractivity (Wildman–Crippen MR) is 60.1 cm³/mol. The van der Waals surface area contributed by atoms with Crippen LogP contribution in [0.3, 0.4) is 0 Å². The second kappa shape index (κ2) is 6.61. The fraction of sp³-hybridized carbons (Fsp3) is 0.364. The number of carbonyl (C=O) groups excluding carboxylic acids is 1. The van der Waals surface area contributed by atoms with Gasteiger partial charge >= 0.3 is 0 Å². The molecule has 7 heteroatoms. The van der Waals surface area contributed by atoms with Crippen molar-refractivity contribution in [2.45, 2.75) is 19.0 Å². The van der Waals surface area contributed by atoms with E-state index in [-0.39, 0.29) is 17.0 Å². The van der Waals surface area contributed by atoms with Crippen molar-refractivity contribution in [3.8, 4) is 0 Å². The van der Waals surface area contributed by atoms with Gasteiger partial charge in [0.2, 0.25) is 5.91 Å². The third-order valence-electron chi connectivity index (χ3n) is 2.20. The molecule has 1 atom stereocenters. The maximum absolute atomic E-state index is 13.3. The summed E-state index contributed by atoms with van der Waals surface area (Å²) in [5.41, 5.74) is -0.0109. The molecule has 18 heavy (non-hydrogen) atoms. The highest BCUT2D eigenvalue weighted by molar-refractivity contribution is 6.31. The topological polar surface area (TPSA) is 49.3 Å². The molecule has 100 valence electrons. The maximum Gasteiger partial charge on any atom is 0.265 e. The molecule has 2 N–H and O–H groups in total. The number of alkyl halides is 2. The Morgan fingerprint density at radius 3 is 2.67 bits per heavy atom. The molecule has 3 nitrogen and oxygen atoms in total. The molecule has 0 bridgehead atoms. The molecule has 0 aromatic heterocycles. The van der Waals surface area contributed by atoms with Crippen LogP contribution in [0.1, 0.15) is 5.56 Å². The van der Waals surface area contributed by atoms with Gasteiger partial charge in [-0.2, -0.15) is 0 Å². The zero-order chi connectivity index (χ0) is 13.7. The second-order valence-electron chi connectivity index (χ2n) is 3.58. The lowest BCUT2D eigenvalue weighted by Gasteiger charge is -2.11. The molecule has 0 aliphatic rings. The third kappa shape index (κ3) is 4.19. The van der Waals surface area contributed by atoms with E-state index in [1.54, 1.807) is 0 Å². The molecule has 0 saturated carbocycles. The fourth-order valence-corrected chi connectivity index (χ4v) is 1.46. The van der Waals surface area contributed by atoms with Gasteiger partial charge in [-0.25, -0.2) is 13.2 Å². The second-order valence-corrected chi connectivity index (χ2v) is 3.99. The first-order valence-electron chi connectivity index (χ1n) is 5.07. The summed E-state index contributed by atoms with van der Waals surface area (Å²) in [5, 5.41) is 10.9. The summed E-state index contributed by atoms with van der Waals surface area (Å²) in [4.78, 5) is 11.4. The Kier molecular flexibility index (Phi) is 5.43. The lowest BCUT2D eigenvalue weighted by Crippen LogP contribution is -2.36. The Morgan fingerprint density at radius 1 is 1.44 bits per heavy atom. The van der Waals surface area contributed by atoms with E-state index in [1.165, 1.54) is 12.1 Å². The van der Waals surface area contributed by atoms with E-state index in [4.69, 9.17) is 16.7 Å². The van der Waals surface area contributed by atoms with Gasteiger partial charge in [0.1, 0.15) is 11.9 Å². The highest BCUT2D eigenvalue weighted by Gasteiger charge is 2.18. The van der Waals surface area contributed by atoms with Crippen molar-refractivity contribution in [3.63, 3.8) is 0 Å². The smallest absolute Gasteiger partial charge is 0.265 e. The van der Waals surface area contributed by atoms with Gasteiger partial charge in [0, 0.05) is 17.1 Å². The molecular weight excluding hydrogens is 271 g/mol. The standard InChI is InChI=1S/C11H11ClF3NO2/c12-7-2-1-3-8(13)6(7)4-10(18)16-5-9(17)11(14)15/h1-3,9,11,17H,4-5H2,(H,16,18). The minimum absolute atomic E-state index is 0.0109. The zero-order valence-corrected chi connectivity index (χ0v) is 9.92. The first-order chi connectivity index (χ1) is 8.41. The van der Waals surface area contributed by atoms with Crippen LogP contribution in [-0.4, -0.2) is 30.1 Å². The molecule has 1 aromatic rings. The van der Waals surface area contributed by atoms with Crippen molar-refractivity contribution >= 4 is 17.5 Å². The molecule has 1 amide bonds. The first kappa shape index (κ1) is 14.8. The number of carbonyl (C=O) groups is 1. The quantitative estimate of drug-likeness (QED) is 0.864. The normalized spacial score (nSPS) is 12.6. The molecule has 0 fully saturated rings. The predicted octanol–water partition coefficient (Wildman–Crippen LogP) is 1.76. The number of amides is 1. The SMILES string of the molecule is O=C(Cc1c(F)cccc1Cl)NCC(O)C(F)F. The molecule has 0 radical (unpaired) electrons. The van der Waals surface area contributed by atoms with Crippen molar-refractivity contribution in [2.24, 2.45) is 0 Å². The molecule has 0 spiro atoms. The van der Waals surface area contributed by atoms with Crippen LogP contribution >= 0.6 is 11.6 Å². The molecule has 1 rings (SSSR count). The Morgan fingerprint density at radius 2 is 2.11 bits per heavy atom. The summed E-state index contributed by atoms with van der Waals surface area (Å²) < 4.78 is 37.2. The van der Waals surface area contributed by atoms with Crippen LogP contribution in [0.15, 0.2) is 18.2 Å². The van der Waals surface area contributed by atoms with Crippen LogP contribution < -0.4 is 5.32 Å². The van der Waals surface area contributed by atoms with Crippen LogP contribution in [0, 0.1) is 5.82 Å². The number of nitrogens with one attached hydrogen (secondary N) is 1. The Bertz CT molecular complexity index is 408. The summed E-state index contributed by atoms with van der Waals surface area (Å²) in [7, 11) is 0. The number of hydrogen-bond acceptors (Lipinski definition) is 2. The highest BCUT2D eigenvalue weighted by atomic mass is 35.5. The van der Waals surface area contributed by atoms with Gasteiger partial charge in [0.05, 0.1) is 6.42 Å². The Hall–Kier alpha value is -1.27. The molecule has 1 unspecified atom stereocenters. The van der Waals surface area contributed by atoms with Crippen LogP contribution in [-0.2, 0) is 11.2 Å². The lowest BCUT2D eigenvalue weighted by molar-refractivity contribution is -0.121. The number of aliphatic hydroxyl groups is 1. The van der Waals surface area contributed by atoms with Crippen LogP contribution in [0.4, 0.5) is 13.2 Å². The van der Waals surface area contributed by atoms with Crippen LogP contribution in [0.25, 0.3) is 0 Å². The zero-order valence-electron chi connectivity index (χ0n) is 9.17. The molecule has 0 aliphatic heterocycles. The van der Waals surface area contributed by atoms with E-state index in [1.807, 2.05) is 0 Å². The minimum atomic E-state index is -2.94. The third-order valence-corrected chi connectivity index (χ3v) is 2.55. The summed E-state index contributed by atoms with van der Waals surface area (Å²) >= 11 is 5.70. The van der Waals surface area contributed by atoms with E-state index >= 15 is 0 Å². The van der Waals surface area contributed by atoms with Gasteiger partial charge in [0.15, 0.2) is 0 Å². The van der Waals surface area contributed by atoms with E-state index in [0.717, 1.165) is 6.07 Å². The van der Waals surface area contributed by atoms with E-state index in [0.29, 0.717) is 0 Å². The van der Waals surface area contributed by atoms with Crippen molar-refractivity contribution in [3.05, 3.63) is 34.6 Å². The average molecular weight is 282 g/mol. The van der Waals surface area contributed by atoms with Gasteiger partial charge in [-0.15, -0.1) is 0 Å². The van der Waals surface area contributed by atoms with E-state index in [9.17, 15) is 18.0 Å². The van der Waals surface area contributed by atoms with Crippen molar-refractivity contribution < 1.29 is 23.1 Å². The first-order valence-corrected chi connectivity index (χ1v) is 5.45. The van der Waals surface area contributed by atoms with Crippen LogP contribution in [0.2, 0.25) is 5.02 Å². The molecule has 1 aromatic carbocycles. The number of aliphatic hydroxyl groups excluding tert-OH is 1. The van der Waals surface area contributed by atoms with Crippen LogP contribution in [0.5, 0.6) is 0 Å². The van der Waals surface area contributed by atoms with Crippen molar-refractivity contribution in [1.29, 1.82) is 0 Å². The minimum Gasteiger partial charge on any atom is -0.385 e. The number of rotatable bonds is 5. The Labute approximate surface area is 107 Å². The summed E-state index contributed by atoms with van der Waals surface area (Å²) in [6.45, 7) is -0.595. The molecular formula is C11H11ClF3NO2. The van der Waals surface area contributed by atoms with E-state index in [2.05, 4.69) is 5.32 Å². The highest BCUT2D eigenvalue weighted by Crippen LogP contribution is 2.19. The molecule has 0 saturated heterocycles. The van der Waals surface area contributed by atoms with Gasteiger partial charge in [-0.05, 0) is 12.1 Å². The van der Waals surface area contributed by atoms with Gasteiger partial charge in [-0.3, -0.25) is 4.79 Å².